The largest absolute Gasteiger partial charge is 0.449 e. The molecule has 0 fully saturated rings. The molecule has 1 N–H and O–H groups in total. The van der Waals surface area contributed by atoms with Crippen LogP contribution >= 0.6 is 0 Å². The predicted molar refractivity (Wildman–Crippen MR) is 53.0 cm³/mol. The molecule has 0 aliphatic heterocycles. The molecule has 1 aromatic rings. The smallest absolute Gasteiger partial charge is 0.425 e. The summed E-state index contributed by atoms with van der Waals surface area (Å²) < 4.78 is 5.16. The molecular weight excluding hydrogens is 200 g/mol. The van der Waals surface area contributed by atoms with Crippen molar-refractivity contribution in [2.75, 3.05) is 6.61 Å². The Morgan fingerprint density at radius 2 is 2.27 bits per heavy atom. The quantitative estimate of drug-likeness (QED) is 0.731. The number of carbonyl (C=O) groups excluding carboxylic acids is 1. The first-order valence-corrected chi connectivity index (χ1v) is 4.64. The molecule has 0 unspecified atom stereocenters. The van der Waals surface area contributed by atoms with E-state index in [4.69, 9.17) is 4.74 Å². The highest BCUT2D eigenvalue weighted by Crippen LogP contribution is 1.89. The van der Waals surface area contributed by atoms with E-state index in [1.807, 2.05) is 6.92 Å². The summed E-state index contributed by atoms with van der Waals surface area (Å²) in [5, 5.41) is 0. The third-order valence-corrected chi connectivity index (χ3v) is 1.76. The van der Waals surface area contributed by atoms with Gasteiger partial charge < -0.3 is 9.72 Å². The number of hydrogen-bond donors (Lipinski definition) is 1. The van der Waals surface area contributed by atoms with Crippen molar-refractivity contribution in [3.8, 4) is 0 Å². The molecule has 1 heterocycles. The van der Waals surface area contributed by atoms with Crippen molar-refractivity contribution in [2.24, 2.45) is 0 Å². The molecule has 0 spiro atoms. The monoisotopic (exact) mass is 212 g/mol. The zero-order valence-corrected chi connectivity index (χ0v) is 8.36. The Morgan fingerprint density at radius 3 is 2.87 bits per heavy atom. The SMILES string of the molecule is CCCCOC(=O)n1c(=O)cc[nH]c1=O. The van der Waals surface area contributed by atoms with Gasteiger partial charge in [-0.25, -0.2) is 9.59 Å². The first-order valence-electron chi connectivity index (χ1n) is 4.64. The van der Waals surface area contributed by atoms with Gasteiger partial charge in [-0.1, -0.05) is 13.3 Å². The Kier molecular flexibility index (Phi) is 3.84. The lowest BCUT2D eigenvalue weighted by atomic mass is 10.4. The first kappa shape index (κ1) is 11.2. The van der Waals surface area contributed by atoms with E-state index in [-0.39, 0.29) is 6.61 Å². The lowest BCUT2D eigenvalue weighted by Gasteiger charge is -2.03. The number of carbonyl (C=O) groups is 1. The van der Waals surface area contributed by atoms with E-state index >= 15 is 0 Å². The molecule has 0 aliphatic rings. The summed E-state index contributed by atoms with van der Waals surface area (Å²) in [6.45, 7) is 2.14. The Hall–Kier alpha value is -1.85. The molecule has 0 aromatic carbocycles. The van der Waals surface area contributed by atoms with Crippen LogP contribution in [0.25, 0.3) is 0 Å². The maximum absolute atomic E-state index is 11.3. The van der Waals surface area contributed by atoms with Crippen LogP contribution < -0.4 is 11.2 Å². The minimum atomic E-state index is -0.935. The van der Waals surface area contributed by atoms with Crippen LogP contribution in [0, 0.1) is 0 Å². The van der Waals surface area contributed by atoms with Crippen LogP contribution in [0.3, 0.4) is 0 Å². The third kappa shape index (κ3) is 2.80. The van der Waals surface area contributed by atoms with Gasteiger partial charge in [0.15, 0.2) is 0 Å². The molecule has 0 radical (unpaired) electrons. The van der Waals surface area contributed by atoms with E-state index in [9.17, 15) is 14.4 Å². The van der Waals surface area contributed by atoms with Gasteiger partial charge in [0.1, 0.15) is 0 Å². The fourth-order valence-corrected chi connectivity index (χ4v) is 0.965. The van der Waals surface area contributed by atoms with E-state index in [2.05, 4.69) is 4.98 Å². The van der Waals surface area contributed by atoms with E-state index in [0.717, 1.165) is 12.5 Å². The minimum absolute atomic E-state index is 0.204. The maximum Gasteiger partial charge on any atom is 0.425 e. The molecule has 6 heteroatoms. The average molecular weight is 212 g/mol. The normalized spacial score (nSPS) is 9.93. The van der Waals surface area contributed by atoms with Gasteiger partial charge in [-0.2, -0.15) is 4.57 Å². The van der Waals surface area contributed by atoms with Gasteiger partial charge >= 0.3 is 11.8 Å². The van der Waals surface area contributed by atoms with Gasteiger partial charge in [-0.3, -0.25) is 4.79 Å². The zero-order chi connectivity index (χ0) is 11.3. The number of rotatable bonds is 3. The van der Waals surface area contributed by atoms with Gasteiger partial charge in [-0.05, 0) is 6.42 Å². The summed E-state index contributed by atoms with van der Waals surface area (Å²) in [6, 6.07) is 1.09. The van der Waals surface area contributed by atoms with E-state index in [1.54, 1.807) is 0 Å². The predicted octanol–water partition coefficient (Wildman–Crippen LogP) is 0.321. The maximum atomic E-state index is 11.3. The second-order valence-electron chi connectivity index (χ2n) is 2.92. The molecule has 82 valence electrons. The first-order chi connectivity index (χ1) is 7.16. The molecule has 0 saturated heterocycles. The van der Waals surface area contributed by atoms with Crippen LogP contribution in [0.4, 0.5) is 4.79 Å². The topological polar surface area (TPSA) is 81.2 Å². The summed E-state index contributed by atoms with van der Waals surface area (Å²) in [5.74, 6) is 0. The Labute approximate surface area is 85.5 Å². The summed E-state index contributed by atoms with van der Waals surface area (Å²) in [4.78, 5) is 35.8. The number of aromatic amines is 1. The molecule has 1 aromatic heterocycles. The van der Waals surface area contributed by atoms with Crippen molar-refractivity contribution in [2.45, 2.75) is 19.8 Å². The molecule has 6 nitrogen and oxygen atoms in total. The highest BCUT2D eigenvalue weighted by atomic mass is 16.5. The zero-order valence-electron chi connectivity index (χ0n) is 8.36. The average Bonchev–Trinajstić information content (AvgIpc) is 2.18. The van der Waals surface area contributed by atoms with Crippen LogP contribution in [0.5, 0.6) is 0 Å². The van der Waals surface area contributed by atoms with Crippen molar-refractivity contribution in [1.29, 1.82) is 0 Å². The number of hydrogen-bond acceptors (Lipinski definition) is 4. The molecule has 0 bridgehead atoms. The highest BCUT2D eigenvalue weighted by molar-refractivity contribution is 5.69. The van der Waals surface area contributed by atoms with Gasteiger partial charge in [0.2, 0.25) is 0 Å². The van der Waals surface area contributed by atoms with Crippen molar-refractivity contribution < 1.29 is 9.53 Å². The lowest BCUT2D eigenvalue weighted by Crippen LogP contribution is -2.39. The fourth-order valence-electron chi connectivity index (χ4n) is 0.965. The van der Waals surface area contributed by atoms with Crippen molar-refractivity contribution in [1.82, 2.24) is 9.55 Å². The molecule has 0 atom stereocenters. The van der Waals surface area contributed by atoms with Crippen LogP contribution in [-0.2, 0) is 4.74 Å². The van der Waals surface area contributed by atoms with Crippen molar-refractivity contribution in [3.05, 3.63) is 33.1 Å². The van der Waals surface area contributed by atoms with Gasteiger partial charge in [0.25, 0.3) is 5.56 Å². The summed E-state index contributed by atoms with van der Waals surface area (Å²) in [5.41, 5.74) is -1.48. The second kappa shape index (κ2) is 5.14. The standard InChI is InChI=1S/C9H12N2O4/c1-2-3-6-15-9(14)11-7(12)4-5-10-8(11)13/h4-5H,2-3,6H2,1H3,(H,10,13). The number of nitrogens with one attached hydrogen (secondary N) is 1. The lowest BCUT2D eigenvalue weighted by molar-refractivity contribution is 0.144. The molecule has 1 rings (SSSR count). The van der Waals surface area contributed by atoms with Crippen molar-refractivity contribution >= 4 is 6.09 Å². The van der Waals surface area contributed by atoms with Crippen LogP contribution in [-0.4, -0.2) is 22.3 Å². The molecule has 0 saturated carbocycles. The van der Waals surface area contributed by atoms with Crippen LogP contribution in [0.15, 0.2) is 21.9 Å². The van der Waals surface area contributed by atoms with Crippen LogP contribution in [0.2, 0.25) is 0 Å². The van der Waals surface area contributed by atoms with Gasteiger partial charge in [0, 0.05) is 12.3 Å². The summed E-state index contributed by atoms with van der Waals surface area (Å²) in [6.07, 6.45) is 1.81. The molecule has 0 amide bonds. The fraction of sp³-hybridized carbons (Fsp3) is 0.444. The Balaban J connectivity index is 2.83. The number of nitrogens with zero attached hydrogens (tertiary/aromatic N) is 1. The number of ether oxygens (including phenoxy) is 1. The number of unbranched alkanes of at least 4 members (excludes halogenated alkanes) is 1. The van der Waals surface area contributed by atoms with E-state index in [0.29, 0.717) is 11.0 Å². The van der Waals surface area contributed by atoms with E-state index in [1.165, 1.54) is 6.20 Å². The van der Waals surface area contributed by atoms with E-state index < -0.39 is 17.3 Å². The molecule has 15 heavy (non-hydrogen) atoms. The Bertz CT molecular complexity index is 418. The number of aromatic nitrogens is 2. The Morgan fingerprint density at radius 1 is 1.53 bits per heavy atom. The van der Waals surface area contributed by atoms with Gasteiger partial charge in [-0.15, -0.1) is 0 Å². The molecular formula is C9H12N2O4. The minimum Gasteiger partial charge on any atom is -0.449 e. The van der Waals surface area contributed by atoms with Crippen LogP contribution in [0.1, 0.15) is 19.8 Å². The summed E-state index contributed by atoms with van der Waals surface area (Å²) >= 11 is 0. The molecule has 0 aliphatic carbocycles. The summed E-state index contributed by atoms with van der Waals surface area (Å²) in [7, 11) is 0. The third-order valence-electron chi connectivity index (χ3n) is 1.76. The highest BCUT2D eigenvalue weighted by Gasteiger charge is 2.10. The van der Waals surface area contributed by atoms with Gasteiger partial charge in [0.05, 0.1) is 6.61 Å². The second-order valence-corrected chi connectivity index (χ2v) is 2.92. The van der Waals surface area contributed by atoms with Crippen molar-refractivity contribution in [3.63, 3.8) is 0 Å². The number of H-pyrrole nitrogens is 1.